The number of amides is 1. The van der Waals surface area contributed by atoms with Crippen molar-refractivity contribution in [2.24, 2.45) is 0 Å². The lowest BCUT2D eigenvalue weighted by Gasteiger charge is -2.23. The Morgan fingerprint density at radius 3 is 2.39 bits per heavy atom. The van der Waals surface area contributed by atoms with Gasteiger partial charge in [-0.15, -0.1) is 0 Å². The van der Waals surface area contributed by atoms with Crippen LogP contribution in [0.15, 0.2) is 91.0 Å². The molecule has 33 heavy (non-hydrogen) atoms. The van der Waals surface area contributed by atoms with Gasteiger partial charge in [-0.1, -0.05) is 78.3 Å². The molecular formula is C28H22ClNO3. The summed E-state index contributed by atoms with van der Waals surface area (Å²) in [4.78, 5) is 28.3. The Hall–Kier alpha value is -3.47. The molecule has 0 fully saturated rings. The molecule has 0 saturated carbocycles. The molecule has 1 aliphatic heterocycles. The number of hydrogen-bond donors (Lipinski definition) is 1. The Morgan fingerprint density at radius 2 is 1.61 bits per heavy atom. The third kappa shape index (κ3) is 3.92. The average molecular weight is 456 g/mol. The number of rotatable bonds is 6. The van der Waals surface area contributed by atoms with E-state index in [9.17, 15) is 14.7 Å². The van der Waals surface area contributed by atoms with Gasteiger partial charge in [0.2, 0.25) is 0 Å². The van der Waals surface area contributed by atoms with Crippen LogP contribution in [0, 0.1) is 0 Å². The van der Waals surface area contributed by atoms with E-state index in [0.29, 0.717) is 34.8 Å². The molecule has 5 rings (SSSR count). The van der Waals surface area contributed by atoms with Crippen molar-refractivity contribution >= 4 is 39.8 Å². The molecule has 0 aliphatic carbocycles. The molecule has 0 aromatic heterocycles. The molecule has 164 valence electrons. The smallest absolute Gasteiger partial charge is 0.264 e. The van der Waals surface area contributed by atoms with Gasteiger partial charge >= 0.3 is 0 Å². The van der Waals surface area contributed by atoms with E-state index in [1.54, 1.807) is 35.2 Å². The largest absolute Gasteiger partial charge is 0.375 e. The third-order valence-electron chi connectivity index (χ3n) is 6.25. The number of anilines is 1. The fourth-order valence-corrected chi connectivity index (χ4v) is 4.67. The molecule has 0 bridgehead atoms. The van der Waals surface area contributed by atoms with Gasteiger partial charge in [0.25, 0.3) is 5.91 Å². The second-order valence-electron chi connectivity index (χ2n) is 8.38. The topological polar surface area (TPSA) is 57.6 Å². The molecule has 0 saturated heterocycles. The van der Waals surface area contributed by atoms with Crippen molar-refractivity contribution in [2.45, 2.75) is 18.4 Å². The van der Waals surface area contributed by atoms with Crippen LogP contribution in [0.3, 0.4) is 0 Å². The van der Waals surface area contributed by atoms with Crippen molar-refractivity contribution in [3.63, 3.8) is 0 Å². The molecule has 1 atom stereocenters. The van der Waals surface area contributed by atoms with Gasteiger partial charge in [-0.3, -0.25) is 9.59 Å². The maximum Gasteiger partial charge on any atom is 0.264 e. The van der Waals surface area contributed by atoms with Gasteiger partial charge < -0.3 is 10.0 Å². The lowest BCUT2D eigenvalue weighted by molar-refractivity contribution is -0.135. The first-order valence-electron chi connectivity index (χ1n) is 10.9. The number of ketones is 1. The average Bonchev–Trinajstić information content (AvgIpc) is 3.04. The summed E-state index contributed by atoms with van der Waals surface area (Å²) >= 11 is 6.21. The third-order valence-corrected chi connectivity index (χ3v) is 6.48. The number of carbonyl (C=O) groups is 2. The molecule has 4 aromatic rings. The van der Waals surface area contributed by atoms with E-state index < -0.39 is 11.5 Å². The van der Waals surface area contributed by atoms with E-state index in [-0.39, 0.29) is 12.2 Å². The quantitative estimate of drug-likeness (QED) is 0.388. The summed E-state index contributed by atoms with van der Waals surface area (Å²) in [5, 5.41) is 13.9. The Balaban J connectivity index is 1.46. The van der Waals surface area contributed by atoms with Gasteiger partial charge in [-0.25, -0.2) is 0 Å². The molecule has 1 heterocycles. The Labute approximate surface area is 197 Å². The summed E-state index contributed by atoms with van der Waals surface area (Å²) in [5.74, 6) is -0.794. The van der Waals surface area contributed by atoms with E-state index >= 15 is 0 Å². The Bertz CT molecular complexity index is 1370. The summed E-state index contributed by atoms with van der Waals surface area (Å²) in [7, 11) is 0. The lowest BCUT2D eigenvalue weighted by Crippen LogP contribution is -2.42. The van der Waals surface area contributed by atoms with Crippen molar-refractivity contribution in [2.75, 3.05) is 11.4 Å². The molecular weight excluding hydrogens is 434 g/mol. The first-order chi connectivity index (χ1) is 16.0. The van der Waals surface area contributed by atoms with Gasteiger partial charge in [0.05, 0.1) is 12.1 Å². The van der Waals surface area contributed by atoms with Crippen LogP contribution in [0.1, 0.15) is 27.9 Å². The summed E-state index contributed by atoms with van der Waals surface area (Å²) in [6.45, 7) is 0.393. The van der Waals surface area contributed by atoms with Crippen LogP contribution in [-0.4, -0.2) is 23.3 Å². The van der Waals surface area contributed by atoms with Crippen molar-refractivity contribution in [1.82, 2.24) is 0 Å². The van der Waals surface area contributed by atoms with E-state index in [4.69, 9.17) is 11.6 Å². The molecule has 1 aliphatic rings. The minimum atomic E-state index is -1.96. The Morgan fingerprint density at radius 1 is 0.879 bits per heavy atom. The SMILES string of the molecule is O=C(C[C@]1(O)C(=O)N(CCc2ccccc2)c2ccc(Cl)cc21)c1ccc2ccccc2c1. The molecule has 0 spiro atoms. The van der Waals surface area contributed by atoms with Crippen LogP contribution in [-0.2, 0) is 16.8 Å². The normalized spacial score (nSPS) is 17.4. The molecule has 0 radical (unpaired) electrons. The van der Waals surface area contributed by atoms with Crippen LogP contribution >= 0.6 is 11.6 Å². The van der Waals surface area contributed by atoms with Gasteiger partial charge in [0.15, 0.2) is 11.4 Å². The standard InChI is InChI=1S/C28H22ClNO3/c29-23-12-13-25-24(17-23)28(33,27(32)30(25)15-14-19-6-2-1-3-7-19)18-26(31)22-11-10-20-8-4-5-9-21(20)16-22/h1-13,16-17,33H,14-15,18H2/t28-/m1/s1. The number of Topliss-reactive ketones (excluding diaryl/α,β-unsaturated/α-hetero) is 1. The fraction of sp³-hybridized carbons (Fsp3) is 0.143. The monoisotopic (exact) mass is 455 g/mol. The summed E-state index contributed by atoms with van der Waals surface area (Å²) in [6.07, 6.45) is 0.280. The first kappa shape index (κ1) is 21.4. The number of hydrogen-bond acceptors (Lipinski definition) is 3. The lowest BCUT2D eigenvalue weighted by atomic mass is 9.87. The van der Waals surface area contributed by atoms with Gasteiger partial charge in [-0.2, -0.15) is 0 Å². The number of nitrogens with zero attached hydrogens (tertiary/aromatic N) is 1. The predicted molar refractivity (Wildman–Crippen MR) is 131 cm³/mol. The van der Waals surface area contributed by atoms with Crippen molar-refractivity contribution in [3.05, 3.63) is 113 Å². The van der Waals surface area contributed by atoms with Crippen molar-refractivity contribution in [1.29, 1.82) is 0 Å². The zero-order valence-electron chi connectivity index (χ0n) is 17.9. The van der Waals surface area contributed by atoms with E-state index in [0.717, 1.165) is 16.3 Å². The first-order valence-corrected chi connectivity index (χ1v) is 11.2. The van der Waals surface area contributed by atoms with Crippen LogP contribution < -0.4 is 4.90 Å². The minimum Gasteiger partial charge on any atom is -0.375 e. The van der Waals surface area contributed by atoms with E-state index in [1.165, 1.54) is 0 Å². The van der Waals surface area contributed by atoms with Gasteiger partial charge in [-0.05, 0) is 47.0 Å². The molecule has 4 aromatic carbocycles. The number of halogens is 1. The van der Waals surface area contributed by atoms with E-state index in [2.05, 4.69) is 0 Å². The molecule has 1 amide bonds. The van der Waals surface area contributed by atoms with Crippen LogP contribution in [0.4, 0.5) is 5.69 Å². The number of carbonyl (C=O) groups excluding carboxylic acids is 2. The zero-order valence-corrected chi connectivity index (χ0v) is 18.6. The number of aliphatic hydroxyl groups is 1. The highest BCUT2D eigenvalue weighted by molar-refractivity contribution is 6.31. The van der Waals surface area contributed by atoms with Crippen LogP contribution in [0.25, 0.3) is 10.8 Å². The fourth-order valence-electron chi connectivity index (χ4n) is 4.50. The second-order valence-corrected chi connectivity index (χ2v) is 8.81. The summed E-state index contributed by atoms with van der Waals surface area (Å²) in [5.41, 5.74) is 0.556. The molecule has 5 heteroatoms. The van der Waals surface area contributed by atoms with Gasteiger partial charge in [0.1, 0.15) is 0 Å². The minimum absolute atomic E-state index is 0.299. The van der Waals surface area contributed by atoms with Gasteiger partial charge in [0, 0.05) is 22.7 Å². The van der Waals surface area contributed by atoms with Crippen molar-refractivity contribution in [3.8, 4) is 0 Å². The zero-order chi connectivity index (χ0) is 23.0. The summed E-state index contributed by atoms with van der Waals surface area (Å²) < 4.78 is 0. The second kappa shape index (κ2) is 8.47. The summed E-state index contributed by atoms with van der Waals surface area (Å²) in [6, 6.07) is 28.0. The highest BCUT2D eigenvalue weighted by Crippen LogP contribution is 2.44. The highest BCUT2D eigenvalue weighted by atomic mass is 35.5. The highest BCUT2D eigenvalue weighted by Gasteiger charge is 2.50. The molecule has 0 unspecified atom stereocenters. The predicted octanol–water partition coefficient (Wildman–Crippen LogP) is 5.54. The van der Waals surface area contributed by atoms with Crippen LogP contribution in [0.5, 0.6) is 0 Å². The number of benzene rings is 4. The Kier molecular flexibility index (Phi) is 5.49. The number of fused-ring (bicyclic) bond motifs is 2. The maximum absolute atomic E-state index is 13.5. The molecule has 1 N–H and O–H groups in total. The van der Waals surface area contributed by atoms with Crippen molar-refractivity contribution < 1.29 is 14.7 Å². The maximum atomic E-state index is 13.5. The molecule has 4 nitrogen and oxygen atoms in total. The van der Waals surface area contributed by atoms with E-state index in [1.807, 2.05) is 60.7 Å². The van der Waals surface area contributed by atoms with Crippen LogP contribution in [0.2, 0.25) is 5.02 Å².